The Balaban J connectivity index is 1.53. The second-order valence-electron chi connectivity index (χ2n) is 6.68. The van der Waals surface area contributed by atoms with Gasteiger partial charge in [-0.25, -0.2) is 8.42 Å². The highest BCUT2D eigenvalue weighted by atomic mass is 32.2. The minimum absolute atomic E-state index is 0.0196. The number of carbonyl (C=O) groups is 2. The molecule has 9 heteroatoms. The van der Waals surface area contributed by atoms with Crippen LogP contribution in [-0.2, 0) is 14.8 Å². The second-order valence-corrected chi connectivity index (χ2v) is 8.37. The summed E-state index contributed by atoms with van der Waals surface area (Å²) in [6.45, 7) is 2.20. The van der Waals surface area contributed by atoms with Crippen LogP contribution < -0.4 is 20.1 Å². The first kappa shape index (κ1) is 22.8. The smallest absolute Gasteiger partial charge is 0.261 e. The van der Waals surface area contributed by atoms with Gasteiger partial charge in [-0.05, 0) is 67.6 Å². The van der Waals surface area contributed by atoms with Crippen molar-refractivity contribution in [3.05, 3.63) is 84.4 Å². The van der Waals surface area contributed by atoms with E-state index in [4.69, 9.17) is 4.74 Å². The van der Waals surface area contributed by atoms with Crippen LogP contribution in [-0.4, -0.2) is 33.4 Å². The molecule has 0 fully saturated rings. The lowest BCUT2D eigenvalue weighted by molar-refractivity contribution is -0.115. The van der Waals surface area contributed by atoms with Crippen LogP contribution in [0.1, 0.15) is 17.3 Å². The maximum absolute atomic E-state index is 12.5. The van der Waals surface area contributed by atoms with Crippen LogP contribution in [0.3, 0.4) is 0 Å². The zero-order valence-corrected chi connectivity index (χ0v) is 18.2. The molecular formula is C23H23N3O5S. The number of anilines is 2. The summed E-state index contributed by atoms with van der Waals surface area (Å²) in [5, 5.41) is 5.18. The van der Waals surface area contributed by atoms with Crippen molar-refractivity contribution in [3.8, 4) is 5.75 Å². The number of hydrogen-bond acceptors (Lipinski definition) is 5. The maximum atomic E-state index is 12.5. The van der Waals surface area contributed by atoms with Gasteiger partial charge in [0.2, 0.25) is 5.91 Å². The van der Waals surface area contributed by atoms with E-state index in [0.29, 0.717) is 23.7 Å². The second kappa shape index (κ2) is 10.5. The van der Waals surface area contributed by atoms with E-state index in [-0.39, 0.29) is 17.0 Å². The average Bonchev–Trinajstić information content (AvgIpc) is 2.79. The quantitative estimate of drug-likeness (QED) is 0.460. The van der Waals surface area contributed by atoms with Gasteiger partial charge in [-0.2, -0.15) is 0 Å². The molecule has 3 aromatic rings. The normalized spacial score (nSPS) is 10.8. The van der Waals surface area contributed by atoms with Gasteiger partial charge in [-0.15, -0.1) is 0 Å². The zero-order valence-electron chi connectivity index (χ0n) is 17.4. The molecule has 0 atom stereocenters. The van der Waals surface area contributed by atoms with Crippen LogP contribution in [0, 0.1) is 0 Å². The van der Waals surface area contributed by atoms with Crippen molar-refractivity contribution in [3.63, 3.8) is 0 Å². The monoisotopic (exact) mass is 453 g/mol. The number of sulfonamides is 1. The highest BCUT2D eigenvalue weighted by molar-refractivity contribution is 7.92. The van der Waals surface area contributed by atoms with Crippen molar-refractivity contribution in [2.45, 2.75) is 11.8 Å². The van der Waals surface area contributed by atoms with Crippen molar-refractivity contribution in [2.75, 3.05) is 23.2 Å². The minimum Gasteiger partial charge on any atom is -0.494 e. The number of amides is 2. The molecule has 0 aliphatic rings. The Bertz CT molecular complexity index is 1160. The molecule has 166 valence electrons. The van der Waals surface area contributed by atoms with Gasteiger partial charge >= 0.3 is 0 Å². The number of para-hydroxylation sites is 1. The molecule has 3 N–H and O–H groups in total. The highest BCUT2D eigenvalue weighted by Gasteiger charge is 2.15. The van der Waals surface area contributed by atoms with Gasteiger partial charge in [0.1, 0.15) is 5.75 Å². The summed E-state index contributed by atoms with van der Waals surface area (Å²) in [5.74, 6) is -0.191. The van der Waals surface area contributed by atoms with Gasteiger partial charge in [-0.3, -0.25) is 14.3 Å². The third-order valence-corrected chi connectivity index (χ3v) is 5.71. The van der Waals surface area contributed by atoms with Crippen LogP contribution in [0.5, 0.6) is 5.75 Å². The van der Waals surface area contributed by atoms with E-state index in [1.165, 1.54) is 24.3 Å². The van der Waals surface area contributed by atoms with Crippen LogP contribution >= 0.6 is 0 Å². The summed E-state index contributed by atoms with van der Waals surface area (Å²) < 4.78 is 32.7. The van der Waals surface area contributed by atoms with Crippen LogP contribution in [0.25, 0.3) is 0 Å². The maximum Gasteiger partial charge on any atom is 0.261 e. The molecule has 0 heterocycles. The fourth-order valence-corrected chi connectivity index (χ4v) is 3.83. The molecule has 0 unspecified atom stereocenters. The third-order valence-electron chi connectivity index (χ3n) is 4.31. The van der Waals surface area contributed by atoms with E-state index in [1.807, 2.05) is 6.92 Å². The summed E-state index contributed by atoms with van der Waals surface area (Å²) in [4.78, 5) is 24.4. The van der Waals surface area contributed by atoms with Gasteiger partial charge < -0.3 is 15.4 Å². The Morgan fingerprint density at radius 1 is 0.844 bits per heavy atom. The first-order valence-corrected chi connectivity index (χ1v) is 11.3. The number of carbonyl (C=O) groups excluding carboxylic acids is 2. The molecule has 8 nitrogen and oxygen atoms in total. The minimum atomic E-state index is -3.78. The van der Waals surface area contributed by atoms with Gasteiger partial charge in [0, 0.05) is 16.9 Å². The summed E-state index contributed by atoms with van der Waals surface area (Å²) >= 11 is 0. The van der Waals surface area contributed by atoms with E-state index < -0.39 is 21.8 Å². The molecule has 3 rings (SSSR count). The van der Waals surface area contributed by atoms with Crippen LogP contribution in [0.2, 0.25) is 0 Å². The molecule has 0 radical (unpaired) electrons. The largest absolute Gasteiger partial charge is 0.494 e. The van der Waals surface area contributed by atoms with E-state index in [9.17, 15) is 18.0 Å². The van der Waals surface area contributed by atoms with E-state index in [0.717, 1.165) is 0 Å². The van der Waals surface area contributed by atoms with Crippen LogP contribution in [0.15, 0.2) is 83.8 Å². The van der Waals surface area contributed by atoms with Gasteiger partial charge in [0.05, 0.1) is 18.0 Å². The van der Waals surface area contributed by atoms with Gasteiger partial charge in [0.25, 0.3) is 15.9 Å². The molecule has 0 saturated heterocycles. The Labute approximate surface area is 186 Å². The Morgan fingerprint density at radius 3 is 2.12 bits per heavy atom. The number of hydrogen-bond donors (Lipinski definition) is 3. The van der Waals surface area contributed by atoms with Crippen molar-refractivity contribution >= 4 is 33.2 Å². The molecular weight excluding hydrogens is 430 g/mol. The first-order chi connectivity index (χ1) is 15.4. The predicted octanol–water partition coefficient (Wildman–Crippen LogP) is 3.25. The Hall–Kier alpha value is -3.85. The van der Waals surface area contributed by atoms with Gasteiger partial charge in [-0.1, -0.05) is 18.2 Å². The number of rotatable bonds is 9. The van der Waals surface area contributed by atoms with E-state index >= 15 is 0 Å². The fraction of sp³-hybridized carbons (Fsp3) is 0.130. The number of nitrogens with one attached hydrogen (secondary N) is 3. The number of benzene rings is 3. The van der Waals surface area contributed by atoms with E-state index in [2.05, 4.69) is 15.4 Å². The Morgan fingerprint density at radius 2 is 1.50 bits per heavy atom. The number of ether oxygens (including phenoxy) is 1. The summed E-state index contributed by atoms with van der Waals surface area (Å²) in [5.41, 5.74) is 1.25. The zero-order chi connectivity index (χ0) is 23.0. The predicted molar refractivity (Wildman–Crippen MR) is 122 cm³/mol. The molecule has 0 aromatic heterocycles. The third kappa shape index (κ3) is 6.32. The van der Waals surface area contributed by atoms with E-state index in [1.54, 1.807) is 54.6 Å². The molecule has 2 amide bonds. The summed E-state index contributed by atoms with van der Waals surface area (Å²) in [7, 11) is -3.78. The van der Waals surface area contributed by atoms with Gasteiger partial charge in [0.15, 0.2) is 0 Å². The average molecular weight is 454 g/mol. The first-order valence-electron chi connectivity index (χ1n) is 9.86. The molecule has 32 heavy (non-hydrogen) atoms. The van der Waals surface area contributed by atoms with Crippen LogP contribution in [0.4, 0.5) is 11.4 Å². The van der Waals surface area contributed by atoms with Crippen molar-refractivity contribution in [1.29, 1.82) is 0 Å². The molecule has 0 saturated carbocycles. The SMILES string of the molecule is CCOc1ccc(NC(=O)CNC(=O)c2ccc(S(=O)(=O)Nc3ccccc3)cc2)cc1. The molecule has 0 aliphatic heterocycles. The summed E-state index contributed by atoms with van der Waals surface area (Å²) in [6.07, 6.45) is 0. The van der Waals surface area contributed by atoms with Crippen molar-refractivity contribution in [2.24, 2.45) is 0 Å². The standard InChI is InChI=1S/C23H23N3O5S/c1-2-31-20-12-10-18(11-13-20)25-22(27)16-24-23(28)17-8-14-21(15-9-17)32(29,30)26-19-6-4-3-5-7-19/h3-15,26H,2,16H2,1H3,(H,24,28)(H,25,27). The molecule has 3 aromatic carbocycles. The lowest BCUT2D eigenvalue weighted by Crippen LogP contribution is -2.32. The molecule has 0 spiro atoms. The highest BCUT2D eigenvalue weighted by Crippen LogP contribution is 2.17. The van der Waals surface area contributed by atoms with Crippen molar-refractivity contribution < 1.29 is 22.7 Å². The topological polar surface area (TPSA) is 114 Å². The fourth-order valence-electron chi connectivity index (χ4n) is 2.77. The lowest BCUT2D eigenvalue weighted by atomic mass is 10.2. The lowest BCUT2D eigenvalue weighted by Gasteiger charge is -2.10. The molecule has 0 bridgehead atoms. The Kier molecular flexibility index (Phi) is 7.45. The summed E-state index contributed by atoms with van der Waals surface area (Å²) in [6, 6.07) is 20.8. The molecule has 0 aliphatic carbocycles. The van der Waals surface area contributed by atoms with Crippen molar-refractivity contribution in [1.82, 2.24) is 5.32 Å².